The maximum Gasteiger partial charge on any atom is 0.387 e. The Morgan fingerprint density at radius 3 is 2.42 bits per heavy atom. The number of benzene rings is 2. The van der Waals surface area contributed by atoms with Gasteiger partial charge >= 0.3 is 6.61 Å². The lowest BCUT2D eigenvalue weighted by molar-refractivity contribution is -0.0498. The number of rotatable bonds is 7. The van der Waals surface area contributed by atoms with E-state index < -0.39 is 6.61 Å². The molecule has 0 atom stereocenters. The van der Waals surface area contributed by atoms with Crippen molar-refractivity contribution in [1.82, 2.24) is 9.55 Å². The number of hydrogen-bond acceptors (Lipinski definition) is 5. The fourth-order valence-corrected chi connectivity index (χ4v) is 4.47. The highest BCUT2D eigenvalue weighted by Crippen LogP contribution is 2.30. The quantitative estimate of drug-likeness (QED) is 0.352. The van der Waals surface area contributed by atoms with Crippen LogP contribution >= 0.6 is 23.4 Å². The van der Waals surface area contributed by atoms with E-state index in [-0.39, 0.29) is 23.2 Å². The fourth-order valence-electron chi connectivity index (χ4n) is 3.42. The van der Waals surface area contributed by atoms with Gasteiger partial charge in [0.2, 0.25) is 0 Å². The summed E-state index contributed by atoms with van der Waals surface area (Å²) >= 11 is 7.07. The van der Waals surface area contributed by atoms with Crippen LogP contribution in [0.15, 0.2) is 53.7 Å². The number of ketones is 1. The highest BCUT2D eigenvalue weighted by atomic mass is 35.5. The van der Waals surface area contributed by atoms with Crippen LogP contribution in [0.5, 0.6) is 5.75 Å². The van der Waals surface area contributed by atoms with Crippen molar-refractivity contribution in [3.63, 3.8) is 0 Å². The van der Waals surface area contributed by atoms with Gasteiger partial charge < -0.3 is 4.74 Å². The molecule has 160 valence electrons. The van der Waals surface area contributed by atoms with E-state index in [1.807, 2.05) is 0 Å². The van der Waals surface area contributed by atoms with Crippen LogP contribution < -0.4 is 4.74 Å². The second-order valence-electron chi connectivity index (χ2n) is 6.90. The average Bonchev–Trinajstić information content (AvgIpc) is 3.33. The molecular formula is C22H17ClF2N2O3S. The molecule has 1 aliphatic carbocycles. The van der Waals surface area contributed by atoms with Gasteiger partial charge in [-0.1, -0.05) is 23.4 Å². The van der Waals surface area contributed by atoms with E-state index in [1.165, 1.54) is 40.6 Å². The van der Waals surface area contributed by atoms with Crippen molar-refractivity contribution in [2.45, 2.75) is 31.0 Å². The van der Waals surface area contributed by atoms with Gasteiger partial charge in [0.05, 0.1) is 11.4 Å². The number of carbonyl (C=O) groups is 2. The molecule has 0 spiro atoms. The van der Waals surface area contributed by atoms with E-state index in [0.717, 1.165) is 24.2 Å². The number of hydrogen-bond donors (Lipinski definition) is 0. The third-order valence-electron chi connectivity index (χ3n) is 4.88. The predicted molar refractivity (Wildman–Crippen MR) is 114 cm³/mol. The smallest absolute Gasteiger partial charge is 0.387 e. The maximum atomic E-state index is 13.2. The molecule has 1 aliphatic rings. The Morgan fingerprint density at radius 1 is 1.06 bits per heavy atom. The zero-order valence-electron chi connectivity index (χ0n) is 16.2. The summed E-state index contributed by atoms with van der Waals surface area (Å²) in [5, 5.41) is 0.997. The number of ether oxygens (including phenoxy) is 1. The van der Waals surface area contributed by atoms with Crippen LogP contribution in [0.1, 0.15) is 38.5 Å². The lowest BCUT2D eigenvalue weighted by Crippen LogP contribution is -2.16. The molecule has 2 aromatic carbocycles. The maximum absolute atomic E-state index is 13.2. The molecule has 0 saturated heterocycles. The molecule has 0 bridgehead atoms. The summed E-state index contributed by atoms with van der Waals surface area (Å²) in [7, 11) is 0. The fraction of sp³-hybridized carbons (Fsp3) is 0.227. The van der Waals surface area contributed by atoms with Gasteiger partial charge in [0.1, 0.15) is 5.75 Å². The molecule has 0 unspecified atom stereocenters. The van der Waals surface area contributed by atoms with Crippen LogP contribution in [-0.2, 0) is 12.8 Å². The summed E-state index contributed by atoms with van der Waals surface area (Å²) in [5.74, 6) is -0.324. The zero-order valence-corrected chi connectivity index (χ0v) is 17.8. The molecule has 9 heteroatoms. The zero-order chi connectivity index (χ0) is 22.0. The summed E-state index contributed by atoms with van der Waals surface area (Å²) in [6.45, 7) is -2.93. The summed E-state index contributed by atoms with van der Waals surface area (Å²) in [4.78, 5) is 30.3. The number of carbonyl (C=O) groups excluding carboxylic acids is 2. The molecule has 0 radical (unpaired) electrons. The van der Waals surface area contributed by atoms with E-state index >= 15 is 0 Å². The largest absolute Gasteiger partial charge is 0.435 e. The Hall–Kier alpha value is -2.71. The SMILES string of the molecule is O=C(CSc1nc2c(n1C(=O)c1ccc(OC(F)F)cc1)CCC2)c1ccc(Cl)cc1. The van der Waals surface area contributed by atoms with Crippen molar-refractivity contribution in [3.05, 3.63) is 76.1 Å². The number of alkyl halides is 2. The van der Waals surface area contributed by atoms with Gasteiger partial charge in [0.15, 0.2) is 10.9 Å². The first-order valence-electron chi connectivity index (χ1n) is 9.54. The number of imidazole rings is 1. The Kier molecular flexibility index (Phi) is 6.38. The standard InChI is InChI=1S/C22H17ClF2N2O3S/c23-15-8-4-13(5-9-15)19(28)12-31-22-26-17-2-1-3-18(17)27(22)20(29)14-6-10-16(11-7-14)30-21(24)25/h4-11,21H,1-3,12H2. The summed E-state index contributed by atoms with van der Waals surface area (Å²) in [5.41, 5.74) is 2.54. The van der Waals surface area contributed by atoms with Gasteiger partial charge in [0.25, 0.3) is 5.91 Å². The van der Waals surface area contributed by atoms with Gasteiger partial charge in [-0.25, -0.2) is 4.98 Å². The Morgan fingerprint density at radius 2 is 1.74 bits per heavy atom. The van der Waals surface area contributed by atoms with Crippen molar-refractivity contribution < 1.29 is 23.1 Å². The van der Waals surface area contributed by atoms with Gasteiger partial charge in [-0.3, -0.25) is 14.2 Å². The highest BCUT2D eigenvalue weighted by molar-refractivity contribution is 7.99. The highest BCUT2D eigenvalue weighted by Gasteiger charge is 2.26. The number of halogens is 3. The summed E-state index contributed by atoms with van der Waals surface area (Å²) in [6.07, 6.45) is 2.39. The van der Waals surface area contributed by atoms with E-state index in [0.29, 0.717) is 27.7 Å². The van der Waals surface area contributed by atoms with Crippen LogP contribution in [0.3, 0.4) is 0 Å². The second kappa shape index (κ2) is 9.20. The number of Topliss-reactive ketones (excluding diaryl/α,β-unsaturated/α-hetero) is 1. The molecule has 3 aromatic rings. The lowest BCUT2D eigenvalue weighted by atomic mass is 10.1. The van der Waals surface area contributed by atoms with Crippen molar-refractivity contribution in [1.29, 1.82) is 0 Å². The molecule has 5 nitrogen and oxygen atoms in total. The normalized spacial score (nSPS) is 12.8. The summed E-state index contributed by atoms with van der Waals surface area (Å²) in [6, 6.07) is 12.2. The Bertz CT molecular complexity index is 1120. The number of aryl methyl sites for hydroxylation is 1. The number of nitrogens with zero attached hydrogens (tertiary/aromatic N) is 2. The van der Waals surface area contributed by atoms with Gasteiger partial charge in [-0.05, 0) is 67.8 Å². The van der Waals surface area contributed by atoms with Crippen molar-refractivity contribution in [3.8, 4) is 5.75 Å². The molecule has 1 heterocycles. The molecule has 0 amide bonds. The van der Waals surface area contributed by atoms with Crippen LogP contribution in [0.4, 0.5) is 8.78 Å². The lowest BCUT2D eigenvalue weighted by Gasteiger charge is -2.10. The van der Waals surface area contributed by atoms with E-state index in [4.69, 9.17) is 11.6 Å². The minimum Gasteiger partial charge on any atom is -0.435 e. The van der Waals surface area contributed by atoms with Gasteiger partial charge in [0, 0.05) is 21.8 Å². The van der Waals surface area contributed by atoms with Gasteiger partial charge in [-0.2, -0.15) is 8.78 Å². The molecule has 4 rings (SSSR count). The van der Waals surface area contributed by atoms with E-state index in [9.17, 15) is 18.4 Å². The first kappa shape index (κ1) is 21.5. The van der Waals surface area contributed by atoms with Crippen LogP contribution in [0.2, 0.25) is 5.02 Å². The first-order valence-corrected chi connectivity index (χ1v) is 10.9. The van der Waals surface area contributed by atoms with Crippen LogP contribution in [0, 0.1) is 0 Å². The minimum atomic E-state index is -2.93. The third kappa shape index (κ3) is 4.80. The topological polar surface area (TPSA) is 61.2 Å². The Labute approximate surface area is 186 Å². The Balaban J connectivity index is 1.55. The molecule has 1 aromatic heterocycles. The summed E-state index contributed by atoms with van der Waals surface area (Å²) < 4.78 is 30.6. The molecule has 0 saturated carbocycles. The van der Waals surface area contributed by atoms with Crippen molar-refractivity contribution >= 4 is 35.1 Å². The molecule has 0 aliphatic heterocycles. The van der Waals surface area contributed by atoms with Crippen LogP contribution in [-0.4, -0.2) is 33.6 Å². The van der Waals surface area contributed by atoms with Crippen molar-refractivity contribution in [2.24, 2.45) is 0 Å². The molecule has 0 N–H and O–H groups in total. The van der Waals surface area contributed by atoms with Crippen LogP contribution in [0.25, 0.3) is 0 Å². The third-order valence-corrected chi connectivity index (χ3v) is 6.07. The predicted octanol–water partition coefficient (Wildman–Crippen LogP) is 5.29. The monoisotopic (exact) mass is 462 g/mol. The number of thioether (sulfide) groups is 1. The number of aromatic nitrogens is 2. The minimum absolute atomic E-state index is 0.0226. The number of fused-ring (bicyclic) bond motifs is 1. The van der Waals surface area contributed by atoms with E-state index in [2.05, 4.69) is 9.72 Å². The first-order chi connectivity index (χ1) is 14.9. The second-order valence-corrected chi connectivity index (χ2v) is 8.28. The van der Waals surface area contributed by atoms with E-state index in [1.54, 1.807) is 24.3 Å². The molecular weight excluding hydrogens is 446 g/mol. The molecule has 31 heavy (non-hydrogen) atoms. The van der Waals surface area contributed by atoms with Gasteiger partial charge in [-0.15, -0.1) is 0 Å². The molecule has 0 fully saturated rings. The average molecular weight is 463 g/mol. The van der Waals surface area contributed by atoms with Crippen molar-refractivity contribution in [2.75, 3.05) is 5.75 Å².